The van der Waals surface area contributed by atoms with E-state index in [9.17, 15) is 43.2 Å². The molecule has 1 atom stereocenters. The lowest BCUT2D eigenvalue weighted by Crippen LogP contribution is -2.54. The van der Waals surface area contributed by atoms with E-state index >= 15 is 0 Å². The van der Waals surface area contributed by atoms with Gasteiger partial charge in [-0.1, -0.05) is 61.0 Å². The van der Waals surface area contributed by atoms with Gasteiger partial charge in [0, 0.05) is 57.2 Å². The molecule has 9 amide bonds. The van der Waals surface area contributed by atoms with Crippen molar-refractivity contribution in [1.82, 2.24) is 41.3 Å². The highest BCUT2D eigenvalue weighted by molar-refractivity contribution is 6.40. The Hall–Kier alpha value is -6.34. The maximum atomic E-state index is 13.2. The van der Waals surface area contributed by atoms with Crippen LogP contribution in [0.15, 0.2) is 42.6 Å². The first-order chi connectivity index (χ1) is 31.8. The number of nitrogens with one attached hydrogen (secondary N) is 7. The number of benzene rings is 2. The van der Waals surface area contributed by atoms with Crippen LogP contribution in [-0.2, 0) is 24.0 Å². The third kappa shape index (κ3) is 12.9. The number of carbonyl (C=O) groups excluding carboxylic acids is 9. The summed E-state index contributed by atoms with van der Waals surface area (Å²) in [6, 6.07) is 8.13. The Morgan fingerprint density at radius 2 is 1.38 bits per heavy atom. The molecule has 0 bridgehead atoms. The number of fused-ring (bicyclic) bond motifs is 1. The molecule has 6 rings (SSSR count). The fourth-order valence-electron chi connectivity index (χ4n) is 8.11. The number of amides is 9. The van der Waals surface area contributed by atoms with Crippen LogP contribution in [0.1, 0.15) is 131 Å². The molecule has 2 aromatic carbocycles. The fraction of sp³-hybridized carbons (Fsp3) is 0.467. The Labute approximate surface area is 391 Å². The second-order valence-electron chi connectivity index (χ2n) is 16.4. The number of carbonyl (C=O) groups is 9. The minimum atomic E-state index is -1.08. The highest BCUT2D eigenvalue weighted by atomic mass is 35.5. The van der Waals surface area contributed by atoms with Crippen LogP contribution in [0.3, 0.4) is 0 Å². The average Bonchev–Trinajstić information content (AvgIpc) is 3.86. The van der Waals surface area contributed by atoms with Gasteiger partial charge in [0.25, 0.3) is 23.6 Å². The first-order valence-electron chi connectivity index (χ1n) is 22.3. The van der Waals surface area contributed by atoms with Crippen molar-refractivity contribution < 1.29 is 43.2 Å². The molecule has 2 saturated heterocycles. The highest BCUT2D eigenvalue weighted by Gasteiger charge is 2.45. The van der Waals surface area contributed by atoms with Gasteiger partial charge in [0.2, 0.25) is 29.5 Å². The zero-order chi connectivity index (χ0) is 47.2. The Balaban J connectivity index is 0.748. The van der Waals surface area contributed by atoms with Crippen LogP contribution >= 0.6 is 23.2 Å². The van der Waals surface area contributed by atoms with E-state index in [0.717, 1.165) is 56.3 Å². The van der Waals surface area contributed by atoms with Gasteiger partial charge in [0.05, 0.1) is 45.2 Å². The monoisotopic (exact) mass is 948 g/mol. The van der Waals surface area contributed by atoms with E-state index in [1.54, 1.807) is 30.3 Å². The van der Waals surface area contributed by atoms with Gasteiger partial charge in [-0.2, -0.15) is 5.10 Å². The van der Waals surface area contributed by atoms with Crippen LogP contribution in [0.2, 0.25) is 10.0 Å². The molecule has 3 aromatic rings. The Kier molecular flexibility index (Phi) is 17.7. The van der Waals surface area contributed by atoms with Gasteiger partial charge < -0.3 is 31.5 Å². The Morgan fingerprint density at radius 1 is 0.727 bits per heavy atom. The number of hydrogen-bond acceptors (Lipinski definition) is 11. The molecule has 66 heavy (non-hydrogen) atoms. The molecule has 0 spiro atoms. The number of nitrogens with zero attached hydrogens (tertiary/aromatic N) is 3. The van der Waals surface area contributed by atoms with E-state index in [-0.39, 0.29) is 81.3 Å². The number of piperidine rings is 2. The number of halogens is 2. The van der Waals surface area contributed by atoms with E-state index in [0.29, 0.717) is 57.5 Å². The van der Waals surface area contributed by atoms with E-state index in [1.807, 2.05) is 4.90 Å². The van der Waals surface area contributed by atoms with E-state index < -0.39 is 41.5 Å². The lowest BCUT2D eigenvalue weighted by atomic mass is 10.0. The van der Waals surface area contributed by atoms with Gasteiger partial charge in [-0.05, 0) is 69.2 Å². The molecule has 4 heterocycles. The first kappa shape index (κ1) is 49.1. The van der Waals surface area contributed by atoms with Crippen LogP contribution in [0.25, 0.3) is 0 Å². The van der Waals surface area contributed by atoms with Gasteiger partial charge in [-0.25, -0.2) is 0 Å². The lowest BCUT2D eigenvalue weighted by Gasteiger charge is -2.32. The molecule has 2 fully saturated rings. The van der Waals surface area contributed by atoms with Crippen molar-refractivity contribution in [1.29, 1.82) is 0 Å². The molecule has 7 N–H and O–H groups in total. The van der Waals surface area contributed by atoms with Crippen molar-refractivity contribution in [2.75, 3.05) is 43.4 Å². The lowest BCUT2D eigenvalue weighted by molar-refractivity contribution is -0.136. The number of rotatable bonds is 22. The number of likely N-dealkylation sites (tertiary alicyclic amines) is 1. The zero-order valence-electron chi connectivity index (χ0n) is 36.4. The fourth-order valence-corrected chi connectivity index (χ4v) is 8.67. The molecule has 352 valence electrons. The summed E-state index contributed by atoms with van der Waals surface area (Å²) < 4.78 is 0. The summed E-state index contributed by atoms with van der Waals surface area (Å²) in [6.07, 6.45) is 9.85. The summed E-state index contributed by atoms with van der Waals surface area (Å²) in [5.41, 5.74) is 0.870. The number of aromatic amines is 1. The SMILES string of the molecule is O=C(CCCCCCNC(=O)CNc1cccc2c1C(=O)N(C1CCC(=O)NC1=O)C2=O)NCCCCCCC(=O)N1CCC(NC(=O)c2[nH]ncc2NC(=O)c2c(Cl)cccc2Cl)CC1. The summed E-state index contributed by atoms with van der Waals surface area (Å²) in [7, 11) is 0. The first-order valence-corrected chi connectivity index (χ1v) is 23.1. The number of H-pyrrole nitrogens is 1. The topological polar surface area (TPSA) is 261 Å². The molecule has 1 unspecified atom stereocenters. The van der Waals surface area contributed by atoms with E-state index in [4.69, 9.17) is 23.2 Å². The molecule has 0 aliphatic carbocycles. The van der Waals surface area contributed by atoms with Crippen LogP contribution in [0.5, 0.6) is 0 Å². The second-order valence-corrected chi connectivity index (χ2v) is 17.2. The summed E-state index contributed by atoms with van der Waals surface area (Å²) >= 11 is 12.3. The predicted molar refractivity (Wildman–Crippen MR) is 244 cm³/mol. The Morgan fingerprint density at radius 3 is 2.08 bits per heavy atom. The number of hydrogen-bond donors (Lipinski definition) is 7. The van der Waals surface area contributed by atoms with Gasteiger partial charge in [0.1, 0.15) is 11.7 Å². The van der Waals surface area contributed by atoms with Crippen molar-refractivity contribution >= 4 is 87.7 Å². The van der Waals surface area contributed by atoms with Crippen molar-refractivity contribution in [2.24, 2.45) is 0 Å². The summed E-state index contributed by atoms with van der Waals surface area (Å²) in [5.74, 6) is -3.66. The minimum Gasteiger partial charge on any atom is -0.375 e. The predicted octanol–water partition coefficient (Wildman–Crippen LogP) is 4.34. The molecule has 0 radical (unpaired) electrons. The number of aromatic nitrogens is 2. The minimum absolute atomic E-state index is 0.00694. The molecular weight excluding hydrogens is 895 g/mol. The largest absolute Gasteiger partial charge is 0.375 e. The summed E-state index contributed by atoms with van der Waals surface area (Å²) in [6.45, 7) is 1.92. The highest BCUT2D eigenvalue weighted by Crippen LogP contribution is 2.32. The van der Waals surface area contributed by atoms with Gasteiger partial charge in [0.15, 0.2) is 0 Å². The van der Waals surface area contributed by atoms with Gasteiger partial charge >= 0.3 is 0 Å². The molecule has 0 saturated carbocycles. The molecule has 3 aliphatic rings. The number of imide groups is 2. The van der Waals surface area contributed by atoms with Crippen molar-refractivity contribution in [3.05, 3.63) is 75.0 Å². The average molecular weight is 950 g/mol. The third-order valence-corrected chi connectivity index (χ3v) is 12.3. The maximum absolute atomic E-state index is 13.2. The zero-order valence-corrected chi connectivity index (χ0v) is 37.9. The summed E-state index contributed by atoms with van der Waals surface area (Å²) in [5, 5.41) is 23.4. The maximum Gasteiger partial charge on any atom is 0.271 e. The van der Waals surface area contributed by atoms with Gasteiger partial charge in [-0.3, -0.25) is 58.5 Å². The van der Waals surface area contributed by atoms with Crippen LogP contribution in [-0.4, -0.2) is 118 Å². The number of anilines is 2. The second kappa shape index (κ2) is 23.7. The van der Waals surface area contributed by atoms with Crippen LogP contribution in [0.4, 0.5) is 11.4 Å². The molecular formula is C45H54Cl2N10O9. The van der Waals surface area contributed by atoms with Crippen molar-refractivity contribution in [3.8, 4) is 0 Å². The van der Waals surface area contributed by atoms with Crippen LogP contribution in [0, 0.1) is 0 Å². The molecule has 19 nitrogen and oxygen atoms in total. The standard InChI is InChI=1S/C45H54Cl2N10O9/c46-29-12-10-13-30(47)39(29)42(63)53-32-25-51-55-40(32)43(64)52-27-19-23-56(24-20-27)37(61)16-6-2-4-7-21-48-34(58)15-5-1-3-8-22-49-36(60)26-50-31-14-9-11-28-38(31)45(66)57(44(28)65)33-17-18-35(59)54-41(33)62/h9-14,25,27,33,50H,1-8,15-24,26H2,(H,48,58)(H,49,60)(H,51,55)(H,52,64)(H,53,63)(H,54,59,62). The van der Waals surface area contributed by atoms with E-state index in [2.05, 4.69) is 42.1 Å². The van der Waals surface area contributed by atoms with Gasteiger partial charge in [-0.15, -0.1) is 0 Å². The van der Waals surface area contributed by atoms with Crippen LogP contribution < -0.4 is 31.9 Å². The number of unbranched alkanes of at least 4 members (excludes halogenated alkanes) is 6. The molecule has 21 heteroatoms. The molecule has 3 aliphatic heterocycles. The third-order valence-electron chi connectivity index (χ3n) is 11.7. The summed E-state index contributed by atoms with van der Waals surface area (Å²) in [4.78, 5) is 116. The van der Waals surface area contributed by atoms with Crippen molar-refractivity contribution in [2.45, 2.75) is 102 Å². The Bertz CT molecular complexity index is 2310. The quantitative estimate of drug-likeness (QED) is 0.0551. The smallest absolute Gasteiger partial charge is 0.271 e. The normalized spacial score (nSPS) is 16.1. The van der Waals surface area contributed by atoms with E-state index in [1.165, 1.54) is 12.3 Å². The van der Waals surface area contributed by atoms with Crippen molar-refractivity contribution in [3.63, 3.8) is 0 Å². The molecule has 1 aromatic heterocycles.